The Morgan fingerprint density at radius 3 is 2.67 bits per heavy atom. The average molecular weight is 561 g/mol. The molecule has 2 aliphatic heterocycles. The van der Waals surface area contributed by atoms with Gasteiger partial charge < -0.3 is 31.2 Å². The fourth-order valence-electron chi connectivity index (χ4n) is 4.74. The minimum atomic E-state index is -0.749. The van der Waals surface area contributed by atoms with E-state index in [2.05, 4.69) is 25.4 Å². The quantitative estimate of drug-likeness (QED) is 0.246. The van der Waals surface area contributed by atoms with Crippen molar-refractivity contribution < 1.29 is 19.1 Å². The maximum absolute atomic E-state index is 12.6. The number of nitrogens with zero attached hydrogens (tertiary/aromatic N) is 4. The van der Waals surface area contributed by atoms with Gasteiger partial charge in [-0.25, -0.2) is 4.99 Å². The number of aliphatic imine (C=N–C) groups is 1. The topological polar surface area (TPSA) is 164 Å². The number of rotatable bonds is 10. The second-order valence-corrected chi connectivity index (χ2v) is 10.2. The van der Waals surface area contributed by atoms with E-state index < -0.39 is 11.9 Å². The van der Waals surface area contributed by atoms with Gasteiger partial charge >= 0.3 is 0 Å². The van der Waals surface area contributed by atoms with E-state index in [1.54, 1.807) is 11.8 Å². The lowest BCUT2D eigenvalue weighted by molar-refractivity contribution is -0.133. The molecule has 1 aromatic carbocycles. The zero-order valence-electron chi connectivity index (χ0n) is 22.2. The summed E-state index contributed by atoms with van der Waals surface area (Å²) in [7, 11) is 0. The number of hydrogen-bond donors (Lipinski definition) is 4. The molecule has 1 atom stereocenters. The molecule has 2 saturated heterocycles. The summed E-state index contributed by atoms with van der Waals surface area (Å²) in [6.07, 6.45) is 1.57. The molecule has 212 valence electrons. The molecule has 0 aliphatic carbocycles. The first-order chi connectivity index (χ1) is 18.8. The molecular weight excluding hydrogens is 524 g/mol. The number of aromatic nitrogens is 2. The fourth-order valence-corrected chi connectivity index (χ4v) is 5.01. The van der Waals surface area contributed by atoms with Crippen LogP contribution in [0.25, 0.3) is 11.3 Å². The van der Waals surface area contributed by atoms with E-state index in [0.29, 0.717) is 24.7 Å². The smallest absolute Gasteiger partial charge is 0.245 e. The molecule has 0 unspecified atom stereocenters. The van der Waals surface area contributed by atoms with Crippen LogP contribution in [0.1, 0.15) is 31.4 Å². The number of hydrogen-bond acceptors (Lipinski definition) is 7. The Labute approximate surface area is 233 Å². The first-order valence-corrected chi connectivity index (χ1v) is 13.6. The van der Waals surface area contributed by atoms with Gasteiger partial charge in [-0.15, -0.1) is 0 Å². The molecule has 39 heavy (non-hydrogen) atoms. The van der Waals surface area contributed by atoms with E-state index >= 15 is 0 Å². The number of piperidine rings is 1. The summed E-state index contributed by atoms with van der Waals surface area (Å²) in [5, 5.41) is 10.8. The Morgan fingerprint density at radius 2 is 1.97 bits per heavy atom. The van der Waals surface area contributed by atoms with Crippen molar-refractivity contribution >= 4 is 29.4 Å². The van der Waals surface area contributed by atoms with Gasteiger partial charge in [-0.05, 0) is 44.0 Å². The number of morpholine rings is 1. The van der Waals surface area contributed by atoms with Crippen molar-refractivity contribution in [1.82, 2.24) is 25.3 Å². The van der Waals surface area contributed by atoms with Crippen molar-refractivity contribution in [2.75, 3.05) is 59.1 Å². The van der Waals surface area contributed by atoms with Gasteiger partial charge in [0.2, 0.25) is 11.8 Å². The summed E-state index contributed by atoms with van der Waals surface area (Å²) < 4.78 is 11.3. The summed E-state index contributed by atoms with van der Waals surface area (Å²) in [5.41, 5.74) is 13.2. The SMILES string of the molecule is C[C@@H](N=C(N)N)C(=O)NCC(=O)N1CCC(c2cc(-c3ccc(OCCN4CCOCC4)cc3Cl)n[nH]2)CC1. The van der Waals surface area contributed by atoms with Gasteiger partial charge in [-0.2, -0.15) is 5.10 Å². The van der Waals surface area contributed by atoms with Gasteiger partial charge in [0, 0.05) is 49.9 Å². The van der Waals surface area contributed by atoms with Gasteiger partial charge in [0.15, 0.2) is 5.96 Å². The van der Waals surface area contributed by atoms with Crippen molar-refractivity contribution in [3.05, 3.63) is 35.0 Å². The van der Waals surface area contributed by atoms with Crippen LogP contribution in [0.4, 0.5) is 0 Å². The summed E-state index contributed by atoms with van der Waals surface area (Å²) in [6.45, 7) is 7.49. The molecule has 2 aromatic rings. The minimum Gasteiger partial charge on any atom is -0.492 e. The number of ether oxygens (including phenoxy) is 2. The van der Waals surface area contributed by atoms with E-state index in [-0.39, 0.29) is 24.3 Å². The standard InChI is InChI=1S/C26H37ClN8O4/c1-17(31-26(28)29)25(37)30-16-24(36)35-6-4-18(5-7-35)22-15-23(33-32-22)20-3-2-19(14-21(20)27)39-13-10-34-8-11-38-12-9-34/h2-3,14-15,17-18H,4-13,16H2,1H3,(H,30,37)(H,32,33)(H4,28,29,31)/t17-/m1/s1. The second kappa shape index (κ2) is 13.6. The number of H-pyrrole nitrogens is 1. The fraction of sp³-hybridized carbons (Fsp3) is 0.538. The average Bonchev–Trinajstić information content (AvgIpc) is 3.42. The third-order valence-corrected chi connectivity index (χ3v) is 7.33. The molecule has 0 radical (unpaired) electrons. The summed E-state index contributed by atoms with van der Waals surface area (Å²) >= 11 is 6.58. The van der Waals surface area contributed by atoms with Crippen LogP contribution in [0.3, 0.4) is 0 Å². The largest absolute Gasteiger partial charge is 0.492 e. The highest BCUT2D eigenvalue weighted by atomic mass is 35.5. The monoisotopic (exact) mass is 560 g/mol. The van der Waals surface area contributed by atoms with Crippen LogP contribution in [-0.4, -0.2) is 103 Å². The number of aromatic amines is 1. The van der Waals surface area contributed by atoms with Crippen LogP contribution in [0, 0.1) is 0 Å². The van der Waals surface area contributed by atoms with Crippen LogP contribution in [-0.2, 0) is 14.3 Å². The highest BCUT2D eigenvalue weighted by Crippen LogP contribution is 2.33. The number of benzene rings is 1. The molecule has 0 spiro atoms. The van der Waals surface area contributed by atoms with Crippen molar-refractivity contribution in [1.29, 1.82) is 0 Å². The lowest BCUT2D eigenvalue weighted by Crippen LogP contribution is -2.45. The second-order valence-electron chi connectivity index (χ2n) is 9.76. The molecule has 6 N–H and O–H groups in total. The zero-order chi connectivity index (χ0) is 27.8. The van der Waals surface area contributed by atoms with E-state index in [1.807, 2.05) is 24.3 Å². The van der Waals surface area contributed by atoms with Crippen molar-refractivity contribution in [2.45, 2.75) is 31.7 Å². The molecule has 0 bridgehead atoms. The third-order valence-electron chi connectivity index (χ3n) is 7.02. The number of nitrogens with two attached hydrogens (primary N) is 2. The third kappa shape index (κ3) is 8.07. The molecule has 4 rings (SSSR count). The van der Waals surface area contributed by atoms with Crippen LogP contribution in [0.15, 0.2) is 29.3 Å². The van der Waals surface area contributed by atoms with Gasteiger partial charge in [-0.3, -0.25) is 19.6 Å². The molecule has 0 saturated carbocycles. The van der Waals surface area contributed by atoms with Crippen LogP contribution < -0.4 is 21.5 Å². The van der Waals surface area contributed by atoms with E-state index in [4.69, 9.17) is 32.5 Å². The molecule has 2 aliphatic rings. The Balaban J connectivity index is 1.24. The van der Waals surface area contributed by atoms with Gasteiger partial charge in [0.25, 0.3) is 0 Å². The normalized spacial score (nSPS) is 17.4. The maximum Gasteiger partial charge on any atom is 0.245 e. The first kappa shape index (κ1) is 28.7. The van der Waals surface area contributed by atoms with E-state index in [0.717, 1.165) is 68.4 Å². The highest BCUT2D eigenvalue weighted by molar-refractivity contribution is 6.33. The van der Waals surface area contributed by atoms with Crippen LogP contribution in [0.2, 0.25) is 5.02 Å². The molecule has 12 nitrogen and oxygen atoms in total. The molecule has 2 fully saturated rings. The summed E-state index contributed by atoms with van der Waals surface area (Å²) in [5.74, 6) is 0.266. The lowest BCUT2D eigenvalue weighted by atomic mass is 9.93. The number of carbonyl (C=O) groups is 2. The zero-order valence-corrected chi connectivity index (χ0v) is 23.0. The Kier molecular flexibility index (Phi) is 10.0. The van der Waals surface area contributed by atoms with Crippen molar-refractivity contribution in [3.63, 3.8) is 0 Å². The Bertz CT molecular complexity index is 1150. The maximum atomic E-state index is 12.6. The predicted octanol–water partition coefficient (Wildman–Crippen LogP) is 0.925. The van der Waals surface area contributed by atoms with Gasteiger partial charge in [-0.1, -0.05) is 11.6 Å². The minimum absolute atomic E-state index is 0.0898. The molecule has 2 amide bonds. The number of likely N-dealkylation sites (tertiary alicyclic amines) is 1. The predicted molar refractivity (Wildman–Crippen MR) is 149 cm³/mol. The molecule has 3 heterocycles. The molecule has 13 heteroatoms. The number of guanidine groups is 1. The summed E-state index contributed by atoms with van der Waals surface area (Å²) in [6, 6.07) is 6.94. The van der Waals surface area contributed by atoms with E-state index in [9.17, 15) is 9.59 Å². The first-order valence-electron chi connectivity index (χ1n) is 13.2. The van der Waals surface area contributed by atoms with Gasteiger partial charge in [0.1, 0.15) is 18.4 Å². The number of carbonyl (C=O) groups excluding carboxylic acids is 2. The lowest BCUT2D eigenvalue weighted by Gasteiger charge is -2.31. The van der Waals surface area contributed by atoms with Gasteiger partial charge in [0.05, 0.1) is 30.5 Å². The summed E-state index contributed by atoms with van der Waals surface area (Å²) in [4.78, 5) is 32.5. The Hall–Kier alpha value is -3.35. The number of nitrogens with one attached hydrogen (secondary N) is 2. The van der Waals surface area contributed by atoms with E-state index in [1.165, 1.54) is 0 Å². The van der Waals surface area contributed by atoms with Crippen molar-refractivity contribution in [3.8, 4) is 17.0 Å². The molecule has 1 aromatic heterocycles. The Morgan fingerprint density at radius 1 is 1.23 bits per heavy atom. The van der Waals surface area contributed by atoms with Crippen molar-refractivity contribution in [2.24, 2.45) is 16.5 Å². The highest BCUT2D eigenvalue weighted by Gasteiger charge is 2.26. The number of halogens is 1. The molecular formula is C26H37ClN8O4. The van der Waals surface area contributed by atoms with Crippen LogP contribution >= 0.6 is 11.6 Å². The number of amides is 2. The van der Waals surface area contributed by atoms with Crippen LogP contribution in [0.5, 0.6) is 5.75 Å².